The van der Waals surface area contributed by atoms with Crippen LogP contribution in [-0.4, -0.2) is 23.9 Å². The third-order valence-corrected chi connectivity index (χ3v) is 1.16. The Morgan fingerprint density at radius 3 is 2.50 bits per heavy atom. The molecule has 0 bridgehead atoms. The van der Waals surface area contributed by atoms with Crippen molar-refractivity contribution in [3.8, 4) is 0 Å². The standard InChI is InChI=1S/C4H7NO3/c5-3(6)2-1-8-4(2)7/h2,4,7H,1H2,(H2,5,6). The molecule has 1 amide bonds. The van der Waals surface area contributed by atoms with Gasteiger partial charge in [0.25, 0.3) is 0 Å². The molecule has 1 saturated heterocycles. The van der Waals surface area contributed by atoms with E-state index in [1.54, 1.807) is 0 Å². The van der Waals surface area contributed by atoms with E-state index >= 15 is 0 Å². The molecule has 2 unspecified atom stereocenters. The minimum absolute atomic E-state index is 0.260. The largest absolute Gasteiger partial charge is 0.369 e. The first-order valence-electron chi connectivity index (χ1n) is 2.31. The Balaban J connectivity index is 2.37. The lowest BCUT2D eigenvalue weighted by Gasteiger charge is -2.29. The first-order chi connectivity index (χ1) is 3.72. The molecule has 8 heavy (non-hydrogen) atoms. The van der Waals surface area contributed by atoms with E-state index < -0.39 is 18.1 Å². The Morgan fingerprint density at radius 1 is 1.88 bits per heavy atom. The number of hydrogen-bond acceptors (Lipinski definition) is 3. The predicted octanol–water partition coefficient (Wildman–Crippen LogP) is -1.56. The van der Waals surface area contributed by atoms with E-state index in [1.165, 1.54) is 0 Å². The van der Waals surface area contributed by atoms with Gasteiger partial charge in [0.05, 0.1) is 6.61 Å². The van der Waals surface area contributed by atoms with Gasteiger partial charge in [-0.3, -0.25) is 4.79 Å². The highest BCUT2D eigenvalue weighted by Crippen LogP contribution is 2.15. The van der Waals surface area contributed by atoms with Crippen LogP contribution in [0.3, 0.4) is 0 Å². The maximum atomic E-state index is 10.2. The van der Waals surface area contributed by atoms with Gasteiger partial charge in [-0.15, -0.1) is 0 Å². The van der Waals surface area contributed by atoms with Crippen molar-refractivity contribution in [1.82, 2.24) is 0 Å². The highest BCUT2D eigenvalue weighted by molar-refractivity contribution is 5.77. The molecule has 0 aromatic rings. The van der Waals surface area contributed by atoms with Crippen molar-refractivity contribution in [3.63, 3.8) is 0 Å². The molecule has 2 atom stereocenters. The fourth-order valence-electron chi connectivity index (χ4n) is 0.501. The van der Waals surface area contributed by atoms with Crippen LogP contribution in [0.4, 0.5) is 0 Å². The number of hydrogen-bond donors (Lipinski definition) is 2. The van der Waals surface area contributed by atoms with Crippen LogP contribution < -0.4 is 5.73 Å². The van der Waals surface area contributed by atoms with Crippen LogP contribution in [0.1, 0.15) is 0 Å². The van der Waals surface area contributed by atoms with Crippen LogP contribution in [0, 0.1) is 5.92 Å². The Labute approximate surface area is 46.2 Å². The summed E-state index contributed by atoms with van der Waals surface area (Å²) in [5, 5.41) is 8.56. The van der Waals surface area contributed by atoms with Gasteiger partial charge in [-0.1, -0.05) is 0 Å². The van der Waals surface area contributed by atoms with Crippen LogP contribution >= 0.6 is 0 Å². The second kappa shape index (κ2) is 1.72. The van der Waals surface area contributed by atoms with Crippen LogP contribution in [0.15, 0.2) is 0 Å². The summed E-state index contributed by atoms with van der Waals surface area (Å²) in [6, 6.07) is 0. The molecular formula is C4H7NO3. The molecule has 3 N–H and O–H groups in total. The Hall–Kier alpha value is -0.610. The second-order valence-electron chi connectivity index (χ2n) is 1.73. The van der Waals surface area contributed by atoms with Gasteiger partial charge in [0.2, 0.25) is 5.91 Å². The van der Waals surface area contributed by atoms with Gasteiger partial charge in [0, 0.05) is 0 Å². The number of rotatable bonds is 1. The number of carbonyl (C=O) groups excluding carboxylic acids is 1. The summed E-state index contributed by atoms with van der Waals surface area (Å²) in [6.07, 6.45) is -0.951. The predicted molar refractivity (Wildman–Crippen MR) is 24.6 cm³/mol. The molecule has 1 fully saturated rings. The number of carbonyl (C=O) groups is 1. The number of aliphatic hydroxyl groups excluding tert-OH is 1. The maximum absolute atomic E-state index is 10.2. The fourth-order valence-corrected chi connectivity index (χ4v) is 0.501. The van der Waals surface area contributed by atoms with Crippen molar-refractivity contribution in [3.05, 3.63) is 0 Å². The molecule has 0 aliphatic carbocycles. The van der Waals surface area contributed by atoms with Gasteiger partial charge >= 0.3 is 0 Å². The number of amides is 1. The van der Waals surface area contributed by atoms with Gasteiger partial charge in [-0.25, -0.2) is 0 Å². The van der Waals surface area contributed by atoms with E-state index in [2.05, 4.69) is 4.74 Å². The normalized spacial score (nSPS) is 36.1. The van der Waals surface area contributed by atoms with Crippen molar-refractivity contribution in [2.45, 2.75) is 6.29 Å². The third kappa shape index (κ3) is 0.677. The molecule has 4 nitrogen and oxygen atoms in total. The highest BCUT2D eigenvalue weighted by atomic mass is 16.6. The molecule has 4 heteroatoms. The molecule has 0 aromatic heterocycles. The van der Waals surface area contributed by atoms with Crippen molar-refractivity contribution < 1.29 is 14.6 Å². The van der Waals surface area contributed by atoms with Crippen LogP contribution in [-0.2, 0) is 9.53 Å². The smallest absolute Gasteiger partial charge is 0.228 e. The van der Waals surface area contributed by atoms with Gasteiger partial charge in [-0.05, 0) is 0 Å². The van der Waals surface area contributed by atoms with Gasteiger partial charge in [-0.2, -0.15) is 0 Å². The fraction of sp³-hybridized carbons (Fsp3) is 0.750. The molecule has 0 aromatic carbocycles. The molecule has 1 aliphatic heterocycles. The summed E-state index contributed by atoms with van der Waals surface area (Å²) in [4.78, 5) is 10.2. The first-order valence-corrected chi connectivity index (χ1v) is 2.31. The summed E-state index contributed by atoms with van der Waals surface area (Å²) < 4.78 is 4.46. The monoisotopic (exact) mass is 117 g/mol. The summed E-state index contributed by atoms with van der Waals surface area (Å²) in [7, 11) is 0. The molecule has 0 radical (unpaired) electrons. The Bertz CT molecular complexity index is 114. The van der Waals surface area contributed by atoms with Crippen molar-refractivity contribution in [2.24, 2.45) is 11.7 Å². The first kappa shape index (κ1) is 5.53. The van der Waals surface area contributed by atoms with E-state index in [0.717, 1.165) is 0 Å². The average molecular weight is 117 g/mol. The minimum atomic E-state index is -0.951. The van der Waals surface area contributed by atoms with Gasteiger partial charge in [0.15, 0.2) is 6.29 Å². The average Bonchev–Trinajstić information content (AvgIpc) is 1.61. The van der Waals surface area contributed by atoms with Crippen LogP contribution in [0.25, 0.3) is 0 Å². The summed E-state index contributed by atoms with van der Waals surface area (Å²) >= 11 is 0. The quantitative estimate of drug-likeness (QED) is 0.436. The number of ether oxygens (including phenoxy) is 1. The summed E-state index contributed by atoms with van der Waals surface area (Å²) in [6.45, 7) is 0.260. The number of primary amides is 1. The van der Waals surface area contributed by atoms with Crippen LogP contribution in [0.2, 0.25) is 0 Å². The molecule has 46 valence electrons. The summed E-state index contributed by atoms with van der Waals surface area (Å²) in [5.41, 5.74) is 4.81. The lowest BCUT2D eigenvalue weighted by Crippen LogP contribution is -2.47. The lowest BCUT2D eigenvalue weighted by molar-refractivity contribution is -0.226. The molecule has 1 rings (SSSR count). The van der Waals surface area contributed by atoms with Crippen molar-refractivity contribution >= 4 is 5.91 Å². The zero-order valence-corrected chi connectivity index (χ0v) is 4.20. The van der Waals surface area contributed by atoms with Crippen molar-refractivity contribution in [1.29, 1.82) is 0 Å². The van der Waals surface area contributed by atoms with E-state index in [1.807, 2.05) is 0 Å². The molecule has 1 aliphatic rings. The molecular weight excluding hydrogens is 110 g/mol. The lowest BCUT2D eigenvalue weighted by atomic mass is 10.1. The van der Waals surface area contributed by atoms with Gasteiger partial charge in [0.1, 0.15) is 5.92 Å². The maximum Gasteiger partial charge on any atom is 0.228 e. The zero-order chi connectivity index (χ0) is 6.15. The topological polar surface area (TPSA) is 72.6 Å². The number of nitrogens with two attached hydrogens (primary N) is 1. The SMILES string of the molecule is NC(=O)C1COC1O. The minimum Gasteiger partial charge on any atom is -0.369 e. The molecule has 1 heterocycles. The zero-order valence-electron chi connectivity index (χ0n) is 4.20. The van der Waals surface area contributed by atoms with E-state index in [4.69, 9.17) is 10.8 Å². The van der Waals surface area contributed by atoms with E-state index in [0.29, 0.717) is 0 Å². The van der Waals surface area contributed by atoms with E-state index in [9.17, 15) is 4.79 Å². The highest BCUT2D eigenvalue weighted by Gasteiger charge is 2.34. The second-order valence-corrected chi connectivity index (χ2v) is 1.73. The molecule has 0 saturated carbocycles. The number of aliphatic hydroxyl groups is 1. The van der Waals surface area contributed by atoms with E-state index in [-0.39, 0.29) is 6.61 Å². The third-order valence-electron chi connectivity index (χ3n) is 1.16. The van der Waals surface area contributed by atoms with Crippen molar-refractivity contribution in [2.75, 3.05) is 6.61 Å². The van der Waals surface area contributed by atoms with Crippen LogP contribution in [0.5, 0.6) is 0 Å². The Kier molecular flexibility index (Phi) is 1.19. The summed E-state index contributed by atoms with van der Waals surface area (Å²) in [5.74, 6) is -0.973. The Morgan fingerprint density at radius 2 is 2.50 bits per heavy atom. The van der Waals surface area contributed by atoms with Gasteiger partial charge < -0.3 is 15.6 Å². The molecule has 0 spiro atoms.